The molecule has 0 bridgehead atoms. The maximum atomic E-state index is 12.1. The molecule has 0 radical (unpaired) electrons. The van der Waals surface area contributed by atoms with Crippen LogP contribution in [0.25, 0.3) is 0 Å². The second kappa shape index (κ2) is 7.47. The summed E-state index contributed by atoms with van der Waals surface area (Å²) in [4.78, 5) is 13.0. The van der Waals surface area contributed by atoms with Crippen LogP contribution in [0.3, 0.4) is 0 Å². The van der Waals surface area contributed by atoms with Gasteiger partial charge in [0.15, 0.2) is 11.5 Å². The topological polar surface area (TPSA) is 71.4 Å². The van der Waals surface area contributed by atoms with Gasteiger partial charge in [-0.15, -0.1) is 11.8 Å². The van der Waals surface area contributed by atoms with Crippen molar-refractivity contribution in [3.05, 3.63) is 47.0 Å². The summed E-state index contributed by atoms with van der Waals surface area (Å²) in [7, 11) is 0. The molecule has 7 heteroatoms. The highest BCUT2D eigenvalue weighted by atomic mass is 35.5. The number of ether oxygens (including phenoxy) is 2. The average Bonchev–Trinajstić information content (AvgIpc) is 2.60. The number of thioether (sulfide) groups is 1. The number of carbonyl (C=O) groups is 1. The zero-order valence-electron chi connectivity index (χ0n) is 12.5. The van der Waals surface area contributed by atoms with Crippen LogP contribution < -0.4 is 14.8 Å². The third kappa shape index (κ3) is 3.94. The molecule has 0 saturated carbocycles. The maximum absolute atomic E-state index is 12.1. The molecule has 1 heterocycles. The zero-order valence-corrected chi connectivity index (χ0v) is 14.1. The number of nitrogens with zero attached hydrogens (tertiary/aromatic N) is 1. The third-order valence-corrected chi connectivity index (χ3v) is 4.49. The van der Waals surface area contributed by atoms with Crippen LogP contribution in [-0.4, -0.2) is 24.9 Å². The maximum Gasteiger partial charge on any atom is 0.234 e. The summed E-state index contributed by atoms with van der Waals surface area (Å²) in [6.45, 7) is 1.07. The lowest BCUT2D eigenvalue weighted by Crippen LogP contribution is -2.16. The molecule has 1 amide bonds. The Morgan fingerprint density at radius 1 is 1.21 bits per heavy atom. The highest BCUT2D eigenvalue weighted by Gasteiger charge is 2.13. The van der Waals surface area contributed by atoms with Gasteiger partial charge in [0.2, 0.25) is 5.91 Å². The minimum absolute atomic E-state index is 0.205. The summed E-state index contributed by atoms with van der Waals surface area (Å²) in [5.41, 5.74) is 0.787. The van der Waals surface area contributed by atoms with Gasteiger partial charge in [-0.3, -0.25) is 4.79 Å². The number of hydrogen-bond acceptors (Lipinski definition) is 5. The average molecular weight is 361 g/mol. The number of anilines is 1. The molecule has 2 aromatic rings. The number of fused-ring (bicyclic) bond motifs is 1. The molecular weight excluding hydrogens is 348 g/mol. The van der Waals surface area contributed by atoms with Crippen LogP contribution in [0.5, 0.6) is 11.5 Å². The summed E-state index contributed by atoms with van der Waals surface area (Å²) >= 11 is 7.28. The van der Waals surface area contributed by atoms with Crippen molar-refractivity contribution >= 4 is 35.0 Å². The lowest BCUT2D eigenvalue weighted by atomic mass is 10.2. The van der Waals surface area contributed by atoms with E-state index in [-0.39, 0.29) is 11.7 Å². The van der Waals surface area contributed by atoms with Crippen molar-refractivity contribution in [2.45, 2.75) is 4.90 Å². The normalized spacial score (nSPS) is 12.3. The highest BCUT2D eigenvalue weighted by Crippen LogP contribution is 2.34. The summed E-state index contributed by atoms with van der Waals surface area (Å²) in [5.74, 6) is 1.39. The van der Waals surface area contributed by atoms with Crippen molar-refractivity contribution in [2.24, 2.45) is 0 Å². The fourth-order valence-corrected chi connectivity index (χ4v) is 3.06. The van der Waals surface area contributed by atoms with E-state index in [0.717, 1.165) is 4.90 Å². The lowest BCUT2D eigenvalue weighted by Gasteiger charge is -2.18. The van der Waals surface area contributed by atoms with Crippen molar-refractivity contribution in [3.63, 3.8) is 0 Å². The monoisotopic (exact) mass is 360 g/mol. The molecule has 3 rings (SSSR count). The van der Waals surface area contributed by atoms with Crippen molar-refractivity contribution in [1.82, 2.24) is 0 Å². The van der Waals surface area contributed by atoms with Crippen molar-refractivity contribution < 1.29 is 14.3 Å². The Hall–Kier alpha value is -2.36. The molecule has 0 aromatic heterocycles. The minimum Gasteiger partial charge on any atom is -0.486 e. The van der Waals surface area contributed by atoms with Gasteiger partial charge in [0, 0.05) is 9.92 Å². The number of hydrogen-bond donors (Lipinski definition) is 1. The molecule has 1 N–H and O–H groups in total. The summed E-state index contributed by atoms with van der Waals surface area (Å²) in [6.07, 6.45) is 0. The Bertz CT molecular complexity index is 820. The molecule has 122 valence electrons. The second-order valence-corrected chi connectivity index (χ2v) is 6.43. The molecular formula is C17H13ClN2O3S. The molecule has 1 aliphatic rings. The van der Waals surface area contributed by atoms with E-state index in [2.05, 4.69) is 5.32 Å². The summed E-state index contributed by atoms with van der Waals surface area (Å²) < 4.78 is 11.0. The molecule has 5 nitrogen and oxygen atoms in total. The first-order valence-electron chi connectivity index (χ1n) is 7.17. The van der Waals surface area contributed by atoms with Gasteiger partial charge in [-0.05, 0) is 36.4 Å². The van der Waals surface area contributed by atoms with Crippen LogP contribution in [0.4, 0.5) is 5.69 Å². The minimum atomic E-state index is -0.214. The first-order valence-corrected chi connectivity index (χ1v) is 8.54. The Labute approximate surface area is 148 Å². The molecule has 0 aliphatic carbocycles. The van der Waals surface area contributed by atoms with Crippen LogP contribution in [0.15, 0.2) is 41.3 Å². The number of halogens is 1. The molecule has 0 saturated heterocycles. The van der Waals surface area contributed by atoms with Gasteiger partial charge >= 0.3 is 0 Å². The van der Waals surface area contributed by atoms with Gasteiger partial charge in [-0.25, -0.2) is 0 Å². The second-order valence-electron chi connectivity index (χ2n) is 4.94. The van der Waals surface area contributed by atoms with Crippen LogP contribution in [0.2, 0.25) is 5.02 Å². The smallest absolute Gasteiger partial charge is 0.234 e. The number of carbonyl (C=O) groups excluding carboxylic acids is 1. The van der Waals surface area contributed by atoms with E-state index in [4.69, 9.17) is 26.3 Å². The van der Waals surface area contributed by atoms with Gasteiger partial charge in [-0.1, -0.05) is 11.6 Å². The Kier molecular flexibility index (Phi) is 5.14. The lowest BCUT2D eigenvalue weighted by molar-refractivity contribution is -0.113. The summed E-state index contributed by atoms with van der Waals surface area (Å²) in [5, 5.41) is 12.2. The van der Waals surface area contributed by atoms with Crippen molar-refractivity contribution in [2.75, 3.05) is 24.3 Å². The SMILES string of the molecule is N#Cc1ccc(Cl)cc1NC(=O)CSc1ccc2c(c1)OCCO2. The fourth-order valence-electron chi connectivity index (χ4n) is 2.17. The molecule has 1 aliphatic heterocycles. The van der Waals surface area contributed by atoms with Crippen LogP contribution in [0, 0.1) is 11.3 Å². The molecule has 2 aromatic carbocycles. The predicted molar refractivity (Wildman–Crippen MR) is 93.0 cm³/mol. The van der Waals surface area contributed by atoms with E-state index in [0.29, 0.717) is 41.0 Å². The number of benzene rings is 2. The van der Waals surface area contributed by atoms with E-state index in [1.165, 1.54) is 11.8 Å². The standard InChI is InChI=1S/C17H13ClN2O3S/c18-12-2-1-11(9-19)14(7-12)20-17(21)10-24-13-3-4-15-16(8-13)23-6-5-22-15/h1-4,7-8H,5-6,10H2,(H,20,21). The van der Waals surface area contributed by atoms with Crippen molar-refractivity contribution in [1.29, 1.82) is 5.26 Å². The fraction of sp³-hybridized carbons (Fsp3) is 0.176. The predicted octanol–water partition coefficient (Wildman–Crippen LogP) is 3.71. The van der Waals surface area contributed by atoms with Crippen LogP contribution in [0.1, 0.15) is 5.56 Å². The Morgan fingerprint density at radius 3 is 2.79 bits per heavy atom. The van der Waals surface area contributed by atoms with Gasteiger partial charge in [0.05, 0.1) is 17.0 Å². The molecule has 24 heavy (non-hydrogen) atoms. The number of rotatable bonds is 4. The van der Waals surface area contributed by atoms with E-state index in [1.807, 2.05) is 24.3 Å². The van der Waals surface area contributed by atoms with Gasteiger partial charge in [-0.2, -0.15) is 5.26 Å². The quantitative estimate of drug-likeness (QED) is 0.841. The third-order valence-electron chi connectivity index (χ3n) is 3.26. The Balaban J connectivity index is 1.62. The number of nitrogens with one attached hydrogen (secondary N) is 1. The molecule has 0 spiro atoms. The van der Waals surface area contributed by atoms with Gasteiger partial charge in [0.1, 0.15) is 19.3 Å². The van der Waals surface area contributed by atoms with E-state index >= 15 is 0 Å². The molecule has 0 unspecified atom stereocenters. The molecule has 0 fully saturated rings. The van der Waals surface area contributed by atoms with E-state index in [9.17, 15) is 4.79 Å². The molecule has 0 atom stereocenters. The van der Waals surface area contributed by atoms with Crippen molar-refractivity contribution in [3.8, 4) is 17.6 Å². The Morgan fingerprint density at radius 2 is 2.00 bits per heavy atom. The zero-order chi connectivity index (χ0) is 16.9. The van der Waals surface area contributed by atoms with E-state index in [1.54, 1.807) is 18.2 Å². The van der Waals surface area contributed by atoms with Crippen LogP contribution >= 0.6 is 23.4 Å². The first kappa shape index (κ1) is 16.5. The number of amides is 1. The first-order chi connectivity index (χ1) is 11.7. The number of nitriles is 1. The van der Waals surface area contributed by atoms with Gasteiger partial charge in [0.25, 0.3) is 0 Å². The van der Waals surface area contributed by atoms with E-state index < -0.39 is 0 Å². The largest absolute Gasteiger partial charge is 0.486 e. The summed E-state index contributed by atoms with van der Waals surface area (Å²) in [6, 6.07) is 12.3. The van der Waals surface area contributed by atoms with Gasteiger partial charge < -0.3 is 14.8 Å². The highest BCUT2D eigenvalue weighted by molar-refractivity contribution is 8.00. The van der Waals surface area contributed by atoms with Crippen LogP contribution in [-0.2, 0) is 4.79 Å².